The van der Waals surface area contributed by atoms with Gasteiger partial charge in [-0.05, 0) is 36.8 Å². The molecular formula is C25H21N5O6S. The molecule has 1 atom stereocenters. The van der Waals surface area contributed by atoms with Crippen LogP contribution in [-0.2, 0) is 10.0 Å². The summed E-state index contributed by atoms with van der Waals surface area (Å²) in [7, 11) is -4.14. The highest BCUT2D eigenvalue weighted by Gasteiger charge is 2.22. The molecule has 0 amide bonds. The number of benzene rings is 3. The summed E-state index contributed by atoms with van der Waals surface area (Å²) in [5.41, 5.74) is 0.0650. The number of aliphatic hydroxyl groups excluding tert-OH is 1. The second-order valence-corrected chi connectivity index (χ2v) is 9.65. The summed E-state index contributed by atoms with van der Waals surface area (Å²) < 4.78 is 25.6. The van der Waals surface area contributed by atoms with Crippen LogP contribution >= 0.6 is 0 Å². The molecule has 1 aromatic heterocycles. The molecule has 0 fully saturated rings. The molecule has 1 heterocycles. The highest BCUT2D eigenvalue weighted by atomic mass is 32.2. The number of rotatable bonds is 8. The van der Waals surface area contributed by atoms with Crippen LogP contribution in [0.2, 0.25) is 0 Å². The van der Waals surface area contributed by atoms with E-state index in [0.717, 1.165) is 17.2 Å². The van der Waals surface area contributed by atoms with Crippen molar-refractivity contribution in [3.05, 3.63) is 116 Å². The Hall–Kier alpha value is -4.68. The molecule has 0 bridgehead atoms. The molecular weight excluding hydrogens is 498 g/mol. The van der Waals surface area contributed by atoms with Crippen LogP contribution in [0.25, 0.3) is 17.1 Å². The number of nitro groups is 1. The van der Waals surface area contributed by atoms with Crippen LogP contribution in [0, 0.1) is 17.0 Å². The van der Waals surface area contributed by atoms with E-state index in [2.05, 4.69) is 19.9 Å². The van der Waals surface area contributed by atoms with E-state index in [1.807, 2.05) is 13.0 Å². The van der Waals surface area contributed by atoms with E-state index in [-0.39, 0.29) is 33.0 Å². The number of aliphatic hydroxyl groups is 1. The number of hydrazone groups is 1. The number of hydrogen-bond donors (Lipinski definition) is 3. The minimum absolute atomic E-state index is 0.0665. The lowest BCUT2D eigenvalue weighted by molar-refractivity contribution is -0.384. The fraction of sp³-hybridized carbons (Fsp3) is 0.0800. The Kier molecular flexibility index (Phi) is 7.22. The zero-order valence-electron chi connectivity index (χ0n) is 19.4. The molecule has 0 aliphatic carbocycles. The SMILES string of the molecule is Cc1ccc(S(=O)(=O)N/N=C(\c2nc3ccc([N+](=O)[O-])cc3[nH]c2=O)[C@H](O)/C=C/c2ccccc2)cc1. The minimum Gasteiger partial charge on any atom is -0.382 e. The fourth-order valence-corrected chi connectivity index (χ4v) is 4.18. The van der Waals surface area contributed by atoms with Crippen molar-refractivity contribution in [2.45, 2.75) is 17.9 Å². The van der Waals surface area contributed by atoms with Gasteiger partial charge in [0.15, 0.2) is 5.69 Å². The summed E-state index contributed by atoms with van der Waals surface area (Å²) in [5.74, 6) is 0. The third-order valence-electron chi connectivity index (χ3n) is 5.30. The number of hydrogen-bond acceptors (Lipinski definition) is 8. The number of nitro benzene ring substituents is 1. The Morgan fingerprint density at radius 2 is 1.84 bits per heavy atom. The first-order valence-corrected chi connectivity index (χ1v) is 12.4. The van der Waals surface area contributed by atoms with E-state index in [9.17, 15) is 28.4 Å². The molecule has 188 valence electrons. The van der Waals surface area contributed by atoms with Gasteiger partial charge < -0.3 is 10.1 Å². The highest BCUT2D eigenvalue weighted by molar-refractivity contribution is 7.89. The Morgan fingerprint density at radius 1 is 1.14 bits per heavy atom. The summed E-state index contributed by atoms with van der Waals surface area (Å²) >= 11 is 0. The second-order valence-electron chi connectivity index (χ2n) is 7.99. The second kappa shape index (κ2) is 10.5. The number of aromatic amines is 1. The quantitative estimate of drug-likeness (QED) is 0.183. The molecule has 0 saturated heterocycles. The van der Waals surface area contributed by atoms with E-state index < -0.39 is 26.6 Å². The van der Waals surface area contributed by atoms with Gasteiger partial charge in [-0.2, -0.15) is 18.4 Å². The van der Waals surface area contributed by atoms with Crippen LogP contribution in [0.15, 0.2) is 93.7 Å². The van der Waals surface area contributed by atoms with Gasteiger partial charge in [0, 0.05) is 12.1 Å². The predicted molar refractivity (Wildman–Crippen MR) is 139 cm³/mol. The number of H-pyrrole nitrogens is 1. The average molecular weight is 520 g/mol. The van der Waals surface area contributed by atoms with Crippen LogP contribution in [0.3, 0.4) is 0 Å². The van der Waals surface area contributed by atoms with E-state index >= 15 is 0 Å². The Labute approximate surface area is 211 Å². The largest absolute Gasteiger partial charge is 0.382 e. The van der Waals surface area contributed by atoms with Crippen molar-refractivity contribution in [1.29, 1.82) is 0 Å². The molecule has 0 aliphatic heterocycles. The van der Waals surface area contributed by atoms with Crippen LogP contribution in [0.4, 0.5) is 5.69 Å². The van der Waals surface area contributed by atoms with E-state index in [1.165, 1.54) is 30.3 Å². The first kappa shape index (κ1) is 25.4. The van der Waals surface area contributed by atoms with Gasteiger partial charge in [0.25, 0.3) is 21.3 Å². The Morgan fingerprint density at radius 3 is 2.51 bits per heavy atom. The van der Waals surface area contributed by atoms with Gasteiger partial charge in [0.2, 0.25) is 0 Å². The smallest absolute Gasteiger partial charge is 0.276 e. The molecule has 0 saturated carbocycles. The molecule has 0 unspecified atom stereocenters. The maximum Gasteiger partial charge on any atom is 0.276 e. The van der Waals surface area contributed by atoms with Crippen molar-refractivity contribution in [3.63, 3.8) is 0 Å². The molecule has 37 heavy (non-hydrogen) atoms. The average Bonchev–Trinajstić information content (AvgIpc) is 2.88. The summed E-state index contributed by atoms with van der Waals surface area (Å²) in [6.45, 7) is 1.81. The molecule has 0 radical (unpaired) electrons. The number of aryl methyl sites for hydroxylation is 1. The summed E-state index contributed by atoms with van der Waals surface area (Å²) in [6, 6.07) is 18.7. The summed E-state index contributed by atoms with van der Waals surface area (Å²) in [4.78, 5) is 32.0. The third-order valence-corrected chi connectivity index (χ3v) is 6.52. The Bertz CT molecular complexity index is 1680. The van der Waals surface area contributed by atoms with Crippen LogP contribution in [-0.4, -0.2) is 40.2 Å². The van der Waals surface area contributed by atoms with Crippen LogP contribution < -0.4 is 10.4 Å². The Balaban J connectivity index is 1.78. The van der Waals surface area contributed by atoms with Gasteiger partial charge in [0.05, 0.1) is 20.9 Å². The zero-order valence-corrected chi connectivity index (χ0v) is 20.2. The molecule has 11 nitrogen and oxygen atoms in total. The molecule has 0 spiro atoms. The minimum atomic E-state index is -4.14. The lowest BCUT2D eigenvalue weighted by Gasteiger charge is -2.12. The van der Waals surface area contributed by atoms with Crippen molar-refractivity contribution >= 4 is 38.5 Å². The predicted octanol–water partition coefficient (Wildman–Crippen LogP) is 2.90. The summed E-state index contributed by atoms with van der Waals surface area (Å²) in [5, 5.41) is 25.8. The highest BCUT2D eigenvalue weighted by Crippen LogP contribution is 2.18. The van der Waals surface area contributed by atoms with Crippen molar-refractivity contribution in [2.24, 2.45) is 5.10 Å². The lowest BCUT2D eigenvalue weighted by atomic mass is 10.1. The van der Waals surface area contributed by atoms with Crippen LogP contribution in [0.5, 0.6) is 0 Å². The van der Waals surface area contributed by atoms with Gasteiger partial charge in [-0.3, -0.25) is 14.9 Å². The van der Waals surface area contributed by atoms with Gasteiger partial charge in [-0.1, -0.05) is 54.1 Å². The zero-order chi connectivity index (χ0) is 26.6. The molecule has 4 rings (SSSR count). The number of aromatic nitrogens is 2. The van der Waals surface area contributed by atoms with E-state index in [4.69, 9.17) is 0 Å². The normalized spacial score (nSPS) is 13.1. The first-order chi connectivity index (χ1) is 17.6. The fourth-order valence-electron chi connectivity index (χ4n) is 3.36. The number of fused-ring (bicyclic) bond motifs is 1. The molecule has 3 aromatic carbocycles. The number of nitrogens with zero attached hydrogens (tertiary/aromatic N) is 3. The topological polar surface area (TPSA) is 168 Å². The maximum absolute atomic E-state index is 12.9. The molecule has 0 aliphatic rings. The van der Waals surface area contributed by atoms with Gasteiger partial charge in [-0.15, -0.1) is 0 Å². The van der Waals surface area contributed by atoms with E-state index in [0.29, 0.717) is 0 Å². The standard InChI is InChI=1S/C25H21N5O6S/c1-16-7-11-19(12-8-16)37(35,36)29-28-23(22(31)14-9-17-5-3-2-4-6-17)24-25(32)27-21-15-18(30(33)34)10-13-20(21)26-24/h2-15,22,29,31H,1H3,(H,27,32)/b14-9+,28-23-/t22-/m1/s1. The number of sulfonamides is 1. The molecule has 12 heteroatoms. The third kappa shape index (κ3) is 5.94. The number of nitrogens with one attached hydrogen (secondary N) is 2. The monoisotopic (exact) mass is 519 g/mol. The van der Waals surface area contributed by atoms with E-state index in [1.54, 1.807) is 42.5 Å². The van der Waals surface area contributed by atoms with Gasteiger partial charge >= 0.3 is 0 Å². The number of non-ortho nitro benzene ring substituents is 1. The van der Waals surface area contributed by atoms with Crippen molar-refractivity contribution < 1.29 is 18.4 Å². The first-order valence-electron chi connectivity index (χ1n) is 10.9. The van der Waals surface area contributed by atoms with Crippen molar-refractivity contribution in [2.75, 3.05) is 0 Å². The van der Waals surface area contributed by atoms with Crippen molar-refractivity contribution in [3.8, 4) is 0 Å². The lowest BCUT2D eigenvalue weighted by Crippen LogP contribution is -2.32. The molecule has 3 N–H and O–H groups in total. The molecule has 4 aromatic rings. The van der Waals surface area contributed by atoms with Gasteiger partial charge in [-0.25, -0.2) is 4.98 Å². The van der Waals surface area contributed by atoms with Gasteiger partial charge in [0.1, 0.15) is 11.8 Å². The van der Waals surface area contributed by atoms with Crippen molar-refractivity contribution in [1.82, 2.24) is 14.8 Å². The summed E-state index contributed by atoms with van der Waals surface area (Å²) in [6.07, 6.45) is 1.37. The van der Waals surface area contributed by atoms with Crippen LogP contribution in [0.1, 0.15) is 16.8 Å². The maximum atomic E-state index is 12.9.